The number of nitrogens with zero attached hydrogens (tertiary/aromatic N) is 3. The number of rotatable bonds is 6. The van der Waals surface area contributed by atoms with E-state index >= 15 is 0 Å². The van der Waals surface area contributed by atoms with E-state index in [2.05, 4.69) is 0 Å². The van der Waals surface area contributed by atoms with Gasteiger partial charge in [-0.15, -0.1) is 22.7 Å². The summed E-state index contributed by atoms with van der Waals surface area (Å²) in [7, 11) is 0. The molecule has 3 aliphatic rings. The van der Waals surface area contributed by atoms with Crippen LogP contribution in [0.4, 0.5) is 0 Å². The normalized spacial score (nSPS) is 18.4. The molecule has 0 radical (unpaired) electrons. The number of amides is 1. The Hall–Kier alpha value is -1.97. The molecule has 9 heteroatoms. The SMILES string of the molecule is O=C(CSc1nc2sc3c(c2c(=O)n1C1CC1)CCN(C(=O)C1CC1)C3)c1cccs1. The number of thioether (sulfide) groups is 1. The predicted molar refractivity (Wildman–Crippen MR) is 123 cm³/mol. The Kier molecular flexibility index (Phi) is 4.81. The maximum atomic E-state index is 13.5. The van der Waals surface area contributed by atoms with Crippen molar-refractivity contribution in [2.24, 2.45) is 5.92 Å². The van der Waals surface area contributed by atoms with Crippen LogP contribution in [-0.4, -0.2) is 38.4 Å². The second-order valence-electron chi connectivity index (χ2n) is 8.46. The van der Waals surface area contributed by atoms with Crippen molar-refractivity contribution in [3.05, 3.63) is 43.2 Å². The highest BCUT2D eigenvalue weighted by atomic mass is 32.2. The quantitative estimate of drug-likeness (QED) is 0.307. The molecular formula is C22H21N3O3S3. The van der Waals surface area contributed by atoms with Gasteiger partial charge in [-0.3, -0.25) is 19.0 Å². The van der Waals surface area contributed by atoms with Crippen LogP contribution >= 0.6 is 34.4 Å². The number of carbonyl (C=O) groups is 2. The van der Waals surface area contributed by atoms with Crippen molar-refractivity contribution in [2.75, 3.05) is 12.3 Å². The van der Waals surface area contributed by atoms with E-state index in [4.69, 9.17) is 4.98 Å². The smallest absolute Gasteiger partial charge is 0.263 e. The maximum Gasteiger partial charge on any atom is 0.263 e. The molecule has 3 aromatic heterocycles. The lowest BCUT2D eigenvalue weighted by Gasteiger charge is -2.27. The summed E-state index contributed by atoms with van der Waals surface area (Å²) < 4.78 is 1.82. The second-order valence-corrected chi connectivity index (χ2v) is 11.4. The number of aromatic nitrogens is 2. The van der Waals surface area contributed by atoms with Gasteiger partial charge in [-0.1, -0.05) is 17.8 Å². The summed E-state index contributed by atoms with van der Waals surface area (Å²) in [4.78, 5) is 47.9. The Morgan fingerprint density at radius 2 is 2.06 bits per heavy atom. The topological polar surface area (TPSA) is 72.3 Å². The van der Waals surface area contributed by atoms with Crippen molar-refractivity contribution in [2.45, 2.75) is 49.8 Å². The van der Waals surface area contributed by atoms with Crippen LogP contribution in [0.5, 0.6) is 0 Å². The molecule has 2 saturated carbocycles. The Balaban J connectivity index is 1.34. The third kappa shape index (κ3) is 3.56. The Morgan fingerprint density at radius 3 is 2.77 bits per heavy atom. The number of hydrogen-bond acceptors (Lipinski definition) is 7. The van der Waals surface area contributed by atoms with Crippen LogP contribution in [0.15, 0.2) is 27.5 Å². The third-order valence-corrected chi connectivity index (χ3v) is 9.13. The lowest BCUT2D eigenvalue weighted by molar-refractivity contribution is -0.133. The van der Waals surface area contributed by atoms with Crippen molar-refractivity contribution in [1.29, 1.82) is 0 Å². The first-order valence-electron chi connectivity index (χ1n) is 10.6. The summed E-state index contributed by atoms with van der Waals surface area (Å²) in [5, 5.41) is 3.28. The lowest BCUT2D eigenvalue weighted by atomic mass is 10.0. The summed E-state index contributed by atoms with van der Waals surface area (Å²) in [6.45, 7) is 1.27. The van der Waals surface area contributed by atoms with Crippen molar-refractivity contribution < 1.29 is 9.59 Å². The first-order chi connectivity index (χ1) is 15.1. The van der Waals surface area contributed by atoms with Crippen LogP contribution in [0.25, 0.3) is 10.2 Å². The highest BCUT2D eigenvalue weighted by molar-refractivity contribution is 7.99. The van der Waals surface area contributed by atoms with Gasteiger partial charge in [-0.2, -0.15) is 0 Å². The average molecular weight is 472 g/mol. The van der Waals surface area contributed by atoms with Crippen molar-refractivity contribution in [1.82, 2.24) is 14.5 Å². The van der Waals surface area contributed by atoms with Crippen LogP contribution in [-0.2, 0) is 17.8 Å². The van der Waals surface area contributed by atoms with E-state index in [1.54, 1.807) is 0 Å². The van der Waals surface area contributed by atoms with Crippen LogP contribution in [0, 0.1) is 5.92 Å². The van der Waals surface area contributed by atoms with Crippen molar-refractivity contribution in [3.63, 3.8) is 0 Å². The van der Waals surface area contributed by atoms with E-state index < -0.39 is 0 Å². The highest BCUT2D eigenvalue weighted by Crippen LogP contribution is 2.40. The van der Waals surface area contributed by atoms with Gasteiger partial charge in [0.15, 0.2) is 10.9 Å². The molecule has 4 heterocycles. The minimum atomic E-state index is 0.0260. The van der Waals surface area contributed by atoms with Gasteiger partial charge in [0.2, 0.25) is 5.91 Å². The van der Waals surface area contributed by atoms with Gasteiger partial charge in [0.05, 0.1) is 22.6 Å². The molecule has 0 unspecified atom stereocenters. The minimum absolute atomic E-state index is 0.0260. The molecule has 0 N–H and O–H groups in total. The van der Waals surface area contributed by atoms with Crippen molar-refractivity contribution in [3.8, 4) is 0 Å². The fourth-order valence-corrected chi connectivity index (χ4v) is 7.19. The van der Waals surface area contributed by atoms with Gasteiger partial charge in [0, 0.05) is 23.4 Å². The van der Waals surface area contributed by atoms with Crippen LogP contribution < -0.4 is 5.56 Å². The molecule has 2 aliphatic carbocycles. The van der Waals surface area contributed by atoms with E-state index in [1.807, 2.05) is 27.0 Å². The zero-order valence-electron chi connectivity index (χ0n) is 16.8. The van der Waals surface area contributed by atoms with Gasteiger partial charge < -0.3 is 4.90 Å². The second kappa shape index (κ2) is 7.56. The molecule has 6 rings (SSSR count). The summed E-state index contributed by atoms with van der Waals surface area (Å²) in [6, 6.07) is 3.90. The number of ketones is 1. The van der Waals surface area contributed by atoms with Crippen LogP contribution in [0.2, 0.25) is 0 Å². The fourth-order valence-electron chi connectivity index (χ4n) is 4.21. The van der Waals surface area contributed by atoms with Crippen LogP contribution in [0.3, 0.4) is 0 Å². The number of thiophene rings is 2. The van der Waals surface area contributed by atoms with E-state index in [9.17, 15) is 14.4 Å². The molecule has 0 bridgehead atoms. The molecule has 0 saturated heterocycles. The first-order valence-corrected chi connectivity index (χ1v) is 13.3. The molecule has 160 valence electrons. The molecule has 3 aromatic rings. The van der Waals surface area contributed by atoms with Gasteiger partial charge in [0.1, 0.15) is 4.83 Å². The molecule has 0 atom stereocenters. The maximum absolute atomic E-state index is 13.5. The van der Waals surface area contributed by atoms with E-state index in [1.165, 1.54) is 34.4 Å². The molecular weight excluding hydrogens is 450 g/mol. The summed E-state index contributed by atoms with van der Waals surface area (Å²) >= 11 is 4.34. The molecule has 0 spiro atoms. The van der Waals surface area contributed by atoms with Crippen molar-refractivity contribution >= 4 is 56.3 Å². The number of Topliss-reactive ketones (excluding diaryl/α,β-unsaturated/α-hetero) is 1. The zero-order chi connectivity index (χ0) is 21.1. The zero-order valence-corrected chi connectivity index (χ0v) is 19.3. The number of fused-ring (bicyclic) bond motifs is 3. The van der Waals surface area contributed by atoms with Gasteiger partial charge in [-0.25, -0.2) is 4.98 Å². The summed E-state index contributed by atoms with van der Waals surface area (Å²) in [6.07, 6.45) is 4.70. The number of hydrogen-bond donors (Lipinski definition) is 0. The molecule has 1 amide bonds. The molecule has 31 heavy (non-hydrogen) atoms. The Bertz CT molecular complexity index is 1250. The van der Waals surface area contributed by atoms with Crippen LogP contribution in [0.1, 0.15) is 51.8 Å². The molecule has 6 nitrogen and oxygen atoms in total. The fraction of sp³-hybridized carbons (Fsp3) is 0.455. The average Bonchev–Trinajstić information content (AvgIpc) is 3.69. The monoisotopic (exact) mass is 471 g/mol. The highest BCUT2D eigenvalue weighted by Gasteiger charge is 2.36. The van der Waals surface area contributed by atoms with Gasteiger partial charge in [0.25, 0.3) is 5.56 Å². The number of carbonyl (C=O) groups excluding carboxylic acids is 2. The molecule has 1 aliphatic heterocycles. The predicted octanol–water partition coefficient (Wildman–Crippen LogP) is 4.12. The third-order valence-electron chi connectivity index (χ3n) is 6.15. The first kappa shape index (κ1) is 19.7. The molecule has 0 aromatic carbocycles. The largest absolute Gasteiger partial charge is 0.337 e. The van der Waals surface area contributed by atoms with Gasteiger partial charge in [-0.05, 0) is 49.1 Å². The van der Waals surface area contributed by atoms with E-state index in [-0.39, 0.29) is 35.0 Å². The summed E-state index contributed by atoms with van der Waals surface area (Å²) in [5.74, 6) is 0.816. The standard InChI is InChI=1S/C22H21N3O3S3/c26-15(16-2-1-9-29-16)11-30-22-23-19-18(21(28)25(22)13-5-6-13)14-7-8-24(10-17(14)31-19)20(27)12-3-4-12/h1-2,9,12-13H,3-8,10-11H2. The van der Waals surface area contributed by atoms with Gasteiger partial charge >= 0.3 is 0 Å². The Morgan fingerprint density at radius 1 is 1.23 bits per heavy atom. The lowest BCUT2D eigenvalue weighted by Crippen LogP contribution is -2.36. The van der Waals surface area contributed by atoms with E-state index in [0.717, 1.165) is 57.6 Å². The Labute approximate surface area is 191 Å². The minimum Gasteiger partial charge on any atom is -0.337 e. The molecule has 2 fully saturated rings. The van der Waals surface area contributed by atoms with E-state index in [0.29, 0.717) is 18.2 Å². The summed E-state index contributed by atoms with van der Waals surface area (Å²) in [5.41, 5.74) is 1.11.